The van der Waals surface area contributed by atoms with Gasteiger partial charge in [0.25, 0.3) is 0 Å². The molecule has 0 saturated carbocycles. The monoisotopic (exact) mass is 552 g/mol. The van der Waals surface area contributed by atoms with Gasteiger partial charge in [-0.25, -0.2) is 4.79 Å². The molecular weight excluding hydrogens is 508 g/mol. The second-order valence-electron chi connectivity index (χ2n) is 11.2. The van der Waals surface area contributed by atoms with Gasteiger partial charge in [0, 0.05) is 59.1 Å². The summed E-state index contributed by atoms with van der Waals surface area (Å²) in [6.07, 6.45) is 1.59. The van der Waals surface area contributed by atoms with E-state index in [4.69, 9.17) is 14.2 Å². The Labute approximate surface area is 234 Å². The second kappa shape index (κ2) is 14.9. The summed E-state index contributed by atoms with van der Waals surface area (Å²) in [6.45, 7) is 12.7. The molecule has 1 atom stereocenters. The van der Waals surface area contributed by atoms with Crippen molar-refractivity contribution in [2.45, 2.75) is 57.4 Å². The number of hydrogen-bond donors (Lipinski definition) is 2. The lowest BCUT2D eigenvalue weighted by molar-refractivity contribution is 0.0846. The van der Waals surface area contributed by atoms with Gasteiger partial charge < -0.3 is 29.7 Å². The van der Waals surface area contributed by atoms with Crippen molar-refractivity contribution in [2.75, 3.05) is 56.8 Å². The van der Waals surface area contributed by atoms with Crippen molar-refractivity contribution in [3.63, 3.8) is 0 Å². The molecule has 0 radical (unpaired) electrons. The van der Waals surface area contributed by atoms with Crippen LogP contribution in [0.3, 0.4) is 0 Å². The van der Waals surface area contributed by atoms with E-state index in [1.807, 2.05) is 24.3 Å². The molecule has 8 nitrogen and oxygen atoms in total. The van der Waals surface area contributed by atoms with Crippen LogP contribution in [0.15, 0.2) is 42.5 Å². The van der Waals surface area contributed by atoms with Gasteiger partial charge in [0.1, 0.15) is 0 Å². The fourth-order valence-electron chi connectivity index (χ4n) is 4.75. The maximum Gasteiger partial charge on any atom is 0.407 e. The number of nitriles is 1. The number of amides is 1. The van der Waals surface area contributed by atoms with Crippen molar-refractivity contribution in [3.8, 4) is 6.07 Å². The lowest BCUT2D eigenvalue weighted by atomic mass is 9.97. The molecule has 1 aliphatic rings. The Hall–Kier alpha value is -3.06. The Balaban J connectivity index is 1.84. The fraction of sp³-hybridized carbons (Fsp3) is 0.533. The van der Waals surface area contributed by atoms with E-state index in [2.05, 4.69) is 66.4 Å². The zero-order valence-electron chi connectivity index (χ0n) is 24.1. The molecule has 3 rings (SSSR count). The Morgan fingerprint density at radius 2 is 1.90 bits per heavy atom. The molecule has 1 saturated heterocycles. The van der Waals surface area contributed by atoms with Crippen LogP contribution in [-0.2, 0) is 14.2 Å². The molecule has 0 aromatic heterocycles. The molecule has 0 spiro atoms. The van der Waals surface area contributed by atoms with E-state index in [0.29, 0.717) is 31.4 Å². The van der Waals surface area contributed by atoms with Gasteiger partial charge in [-0.2, -0.15) is 5.26 Å². The molecule has 0 aliphatic carbocycles. The van der Waals surface area contributed by atoms with E-state index in [1.54, 1.807) is 7.11 Å². The topological polar surface area (TPSA) is 95.9 Å². The molecule has 1 aliphatic heterocycles. The molecule has 212 valence electrons. The van der Waals surface area contributed by atoms with E-state index in [9.17, 15) is 10.1 Å². The number of anilines is 3. The van der Waals surface area contributed by atoms with Crippen LogP contribution in [-0.4, -0.2) is 66.8 Å². The van der Waals surface area contributed by atoms with Crippen LogP contribution < -0.4 is 15.5 Å². The molecule has 0 unspecified atom stereocenters. The lowest BCUT2D eigenvalue weighted by Gasteiger charge is -2.37. The Bertz CT molecular complexity index is 1090. The summed E-state index contributed by atoms with van der Waals surface area (Å²) in [5.41, 5.74) is 4.68. The first-order valence-corrected chi connectivity index (χ1v) is 17.6. The zero-order chi connectivity index (χ0) is 28.3. The van der Waals surface area contributed by atoms with Gasteiger partial charge in [-0.15, -0.1) is 0 Å². The minimum atomic E-state index is -1.27. The van der Waals surface area contributed by atoms with E-state index in [-0.39, 0.29) is 5.92 Å². The van der Waals surface area contributed by atoms with Crippen LogP contribution >= 0.6 is 0 Å². The predicted octanol–water partition coefficient (Wildman–Crippen LogP) is 6.10. The Morgan fingerprint density at radius 3 is 2.51 bits per heavy atom. The van der Waals surface area contributed by atoms with E-state index in [1.165, 1.54) is 0 Å². The summed E-state index contributed by atoms with van der Waals surface area (Å²) in [5, 5.41) is 15.7. The Morgan fingerprint density at radius 1 is 1.18 bits per heavy atom. The molecule has 1 fully saturated rings. The summed E-state index contributed by atoms with van der Waals surface area (Å²) in [6, 6.07) is 17.4. The van der Waals surface area contributed by atoms with Crippen molar-refractivity contribution in [1.82, 2.24) is 5.32 Å². The van der Waals surface area contributed by atoms with E-state index in [0.717, 1.165) is 61.3 Å². The number of rotatable bonds is 13. The number of alkyl carbamates (subject to hydrolysis) is 1. The maximum atomic E-state index is 12.4. The smallest absolute Gasteiger partial charge is 0.407 e. The minimum Gasteiger partial charge on any atom is -0.450 e. The number of nitrogens with one attached hydrogen (secondary N) is 2. The molecule has 2 aromatic rings. The van der Waals surface area contributed by atoms with Gasteiger partial charge in [0.05, 0.1) is 36.2 Å². The van der Waals surface area contributed by atoms with Crippen molar-refractivity contribution < 1.29 is 19.0 Å². The number of carbonyl (C=O) groups is 1. The van der Waals surface area contributed by atoms with Gasteiger partial charge in [-0.3, -0.25) is 0 Å². The molecule has 1 amide bonds. The first-order chi connectivity index (χ1) is 18.7. The molecule has 9 heteroatoms. The summed E-state index contributed by atoms with van der Waals surface area (Å²) < 4.78 is 16.6. The van der Waals surface area contributed by atoms with Crippen molar-refractivity contribution in [1.29, 1.82) is 5.26 Å². The number of hydrogen-bond acceptors (Lipinski definition) is 7. The van der Waals surface area contributed by atoms with Crippen LogP contribution in [0.25, 0.3) is 0 Å². The van der Waals surface area contributed by atoms with Crippen molar-refractivity contribution in [2.24, 2.45) is 0 Å². The second-order valence-corrected chi connectivity index (χ2v) is 16.8. The van der Waals surface area contributed by atoms with Gasteiger partial charge in [0.2, 0.25) is 0 Å². The molecule has 1 heterocycles. The number of methoxy groups -OCH3 is 1. The highest BCUT2D eigenvalue weighted by Gasteiger charge is 2.24. The zero-order valence-corrected chi connectivity index (χ0v) is 25.1. The standard InChI is InChI=1S/C30H44N4O4Si/c1-6-34(27-13-15-37-16-14-27)29-12-9-24(19-28(29)33-26-10-7-23(20-31)8-11-26)25(22-36-2)21-32-30(35)38-17-18-39(3,4)5/h7-12,19,25,27,33H,6,13-18,21-22H2,1-5H3,(H,32,35)/t25-/m1/s1. The van der Waals surface area contributed by atoms with Gasteiger partial charge in [0.15, 0.2) is 0 Å². The maximum absolute atomic E-state index is 12.4. The normalized spacial score (nSPS) is 14.8. The average Bonchev–Trinajstić information content (AvgIpc) is 2.92. The number of carbonyl (C=O) groups excluding carboxylic acids is 1. The third-order valence-electron chi connectivity index (χ3n) is 7.01. The van der Waals surface area contributed by atoms with Crippen LogP contribution in [0, 0.1) is 11.3 Å². The molecule has 2 N–H and O–H groups in total. The minimum absolute atomic E-state index is 0.0479. The first kappa shape index (κ1) is 30.5. The van der Waals surface area contributed by atoms with Crippen molar-refractivity contribution >= 4 is 31.2 Å². The van der Waals surface area contributed by atoms with E-state index < -0.39 is 14.2 Å². The summed E-state index contributed by atoms with van der Waals surface area (Å²) in [7, 11) is 0.406. The number of benzene rings is 2. The summed E-state index contributed by atoms with van der Waals surface area (Å²) in [5.74, 6) is -0.0479. The van der Waals surface area contributed by atoms with Crippen LogP contribution in [0.5, 0.6) is 0 Å². The lowest BCUT2D eigenvalue weighted by Crippen LogP contribution is -2.39. The molecule has 0 bridgehead atoms. The average molecular weight is 553 g/mol. The largest absolute Gasteiger partial charge is 0.450 e. The van der Waals surface area contributed by atoms with Crippen LogP contribution in [0.1, 0.15) is 36.8 Å². The first-order valence-electron chi connectivity index (χ1n) is 13.9. The van der Waals surface area contributed by atoms with Gasteiger partial charge in [-0.1, -0.05) is 25.7 Å². The van der Waals surface area contributed by atoms with Gasteiger partial charge >= 0.3 is 6.09 Å². The highest BCUT2D eigenvalue weighted by atomic mass is 28.3. The summed E-state index contributed by atoms with van der Waals surface area (Å²) >= 11 is 0. The predicted molar refractivity (Wildman–Crippen MR) is 160 cm³/mol. The number of ether oxygens (including phenoxy) is 3. The highest BCUT2D eigenvalue weighted by Crippen LogP contribution is 2.35. The number of nitrogens with zero attached hydrogens (tertiary/aromatic N) is 2. The third-order valence-corrected chi connectivity index (χ3v) is 8.72. The van der Waals surface area contributed by atoms with E-state index >= 15 is 0 Å². The van der Waals surface area contributed by atoms with Crippen LogP contribution in [0.2, 0.25) is 25.7 Å². The molecular formula is C30H44N4O4Si. The third kappa shape index (κ3) is 9.57. The van der Waals surface area contributed by atoms with Crippen molar-refractivity contribution in [3.05, 3.63) is 53.6 Å². The summed E-state index contributed by atoms with van der Waals surface area (Å²) in [4.78, 5) is 14.8. The molecule has 2 aromatic carbocycles. The molecule has 39 heavy (non-hydrogen) atoms. The quantitative estimate of drug-likeness (QED) is 0.290. The highest BCUT2D eigenvalue weighted by molar-refractivity contribution is 6.76. The van der Waals surface area contributed by atoms with Gasteiger partial charge in [-0.05, 0) is 67.8 Å². The Kier molecular flexibility index (Phi) is 11.7. The SMILES string of the molecule is CCN(c1ccc([C@H](CNC(=O)OCC[Si](C)(C)C)COC)cc1Nc1ccc(C#N)cc1)C1CCOCC1. The fourth-order valence-corrected chi connectivity index (χ4v) is 5.46. The van der Waals surface area contributed by atoms with Crippen LogP contribution in [0.4, 0.5) is 21.9 Å².